The molecule has 1 saturated carbocycles. The minimum atomic E-state index is -0.415. The Morgan fingerprint density at radius 3 is 2.85 bits per heavy atom. The number of amides is 1. The highest BCUT2D eigenvalue weighted by Gasteiger charge is 2.43. The Bertz CT molecular complexity index is 771. The highest BCUT2D eigenvalue weighted by Crippen LogP contribution is 2.43. The van der Waals surface area contributed by atoms with Crippen LogP contribution in [0.3, 0.4) is 0 Å². The molecule has 1 N–H and O–H groups in total. The third-order valence-corrected chi connectivity index (χ3v) is 5.86. The Morgan fingerprint density at radius 2 is 2.12 bits per heavy atom. The largest absolute Gasteiger partial charge is 0.376 e. The fourth-order valence-corrected chi connectivity index (χ4v) is 4.48. The molecule has 2 aromatic rings. The van der Waals surface area contributed by atoms with Crippen molar-refractivity contribution in [2.24, 2.45) is 0 Å². The lowest BCUT2D eigenvalue weighted by Gasteiger charge is -2.29. The number of hydrogen-bond acceptors (Lipinski definition) is 3. The Balaban J connectivity index is 1.51. The molecule has 1 amide bonds. The SMILES string of the molecule is Cc1ccccc1C1(C(=O)Nc2cnn(CC3CCCO3)c2)CCCC1. The van der Waals surface area contributed by atoms with Crippen molar-refractivity contribution in [2.75, 3.05) is 11.9 Å². The number of nitrogens with zero attached hydrogens (tertiary/aromatic N) is 2. The van der Waals surface area contributed by atoms with E-state index in [2.05, 4.69) is 29.5 Å². The molecule has 5 nitrogen and oxygen atoms in total. The number of aryl methyl sites for hydroxylation is 1. The number of hydrogen-bond donors (Lipinski definition) is 1. The normalized spacial score (nSPS) is 21.8. The molecule has 4 rings (SSSR count). The van der Waals surface area contributed by atoms with Crippen molar-refractivity contribution in [2.45, 2.75) is 63.5 Å². The minimum Gasteiger partial charge on any atom is -0.376 e. The Hall–Kier alpha value is -2.14. The molecular formula is C21H27N3O2. The lowest BCUT2D eigenvalue weighted by molar-refractivity contribution is -0.121. The predicted molar refractivity (Wildman–Crippen MR) is 101 cm³/mol. The zero-order chi connectivity index (χ0) is 18.0. The number of benzene rings is 1. The van der Waals surface area contributed by atoms with Gasteiger partial charge in [0.05, 0.1) is 29.9 Å². The number of nitrogens with one attached hydrogen (secondary N) is 1. The summed E-state index contributed by atoms with van der Waals surface area (Å²) in [7, 11) is 0. The second-order valence-corrected chi connectivity index (χ2v) is 7.64. The van der Waals surface area contributed by atoms with Gasteiger partial charge >= 0.3 is 0 Å². The van der Waals surface area contributed by atoms with Gasteiger partial charge in [-0.1, -0.05) is 37.1 Å². The molecule has 0 spiro atoms. The van der Waals surface area contributed by atoms with Crippen LogP contribution in [0.15, 0.2) is 36.7 Å². The summed E-state index contributed by atoms with van der Waals surface area (Å²) in [6.45, 7) is 3.69. The van der Waals surface area contributed by atoms with Crippen molar-refractivity contribution in [1.29, 1.82) is 0 Å². The van der Waals surface area contributed by atoms with Crippen LogP contribution in [0.25, 0.3) is 0 Å². The molecule has 0 radical (unpaired) electrons. The first kappa shape index (κ1) is 17.3. The first-order valence-corrected chi connectivity index (χ1v) is 9.69. The van der Waals surface area contributed by atoms with E-state index in [4.69, 9.17) is 4.74 Å². The summed E-state index contributed by atoms with van der Waals surface area (Å²) in [4.78, 5) is 13.3. The van der Waals surface area contributed by atoms with Gasteiger partial charge in [0.25, 0.3) is 0 Å². The van der Waals surface area contributed by atoms with Crippen LogP contribution in [0.5, 0.6) is 0 Å². The molecule has 2 heterocycles. The molecule has 5 heteroatoms. The van der Waals surface area contributed by atoms with E-state index in [-0.39, 0.29) is 12.0 Å². The zero-order valence-electron chi connectivity index (χ0n) is 15.4. The number of ether oxygens (including phenoxy) is 1. The maximum Gasteiger partial charge on any atom is 0.235 e. The van der Waals surface area contributed by atoms with Crippen molar-refractivity contribution in [3.05, 3.63) is 47.8 Å². The van der Waals surface area contributed by atoms with Gasteiger partial charge in [-0.15, -0.1) is 0 Å². The summed E-state index contributed by atoms with van der Waals surface area (Å²) < 4.78 is 7.54. The smallest absolute Gasteiger partial charge is 0.235 e. The molecule has 1 aliphatic carbocycles. The fourth-order valence-electron chi connectivity index (χ4n) is 4.48. The molecule has 0 bridgehead atoms. The molecule has 1 aliphatic heterocycles. The van der Waals surface area contributed by atoms with Crippen LogP contribution in [0.1, 0.15) is 49.7 Å². The van der Waals surface area contributed by atoms with E-state index in [0.717, 1.165) is 57.4 Å². The second-order valence-electron chi connectivity index (χ2n) is 7.64. The van der Waals surface area contributed by atoms with E-state index in [1.807, 2.05) is 23.0 Å². The van der Waals surface area contributed by atoms with E-state index < -0.39 is 5.41 Å². The van der Waals surface area contributed by atoms with Gasteiger partial charge in [-0.25, -0.2) is 0 Å². The van der Waals surface area contributed by atoms with Crippen LogP contribution in [0.4, 0.5) is 5.69 Å². The number of rotatable bonds is 5. The summed E-state index contributed by atoms with van der Waals surface area (Å²) in [6, 6.07) is 8.28. The molecule has 1 aromatic carbocycles. The van der Waals surface area contributed by atoms with Gasteiger partial charge in [0.2, 0.25) is 5.91 Å². The minimum absolute atomic E-state index is 0.0981. The Labute approximate surface area is 154 Å². The summed E-state index contributed by atoms with van der Waals surface area (Å²) in [6.07, 6.45) is 10.1. The van der Waals surface area contributed by atoms with E-state index in [9.17, 15) is 4.79 Å². The molecule has 2 aliphatic rings. The van der Waals surface area contributed by atoms with Gasteiger partial charge in [0.15, 0.2) is 0 Å². The molecule has 26 heavy (non-hydrogen) atoms. The number of carbonyl (C=O) groups is 1. The highest BCUT2D eigenvalue weighted by molar-refractivity contribution is 5.99. The summed E-state index contributed by atoms with van der Waals surface area (Å²) in [5, 5.41) is 7.53. The molecule has 1 atom stereocenters. The van der Waals surface area contributed by atoms with Gasteiger partial charge in [-0.05, 0) is 43.7 Å². The third-order valence-electron chi connectivity index (χ3n) is 5.86. The van der Waals surface area contributed by atoms with Gasteiger partial charge in [0.1, 0.15) is 0 Å². The fraction of sp³-hybridized carbons (Fsp3) is 0.524. The summed E-state index contributed by atoms with van der Waals surface area (Å²) in [5.74, 6) is 0.0981. The quantitative estimate of drug-likeness (QED) is 0.889. The van der Waals surface area contributed by atoms with Crippen molar-refractivity contribution >= 4 is 11.6 Å². The third kappa shape index (κ3) is 3.28. The van der Waals surface area contributed by atoms with Crippen LogP contribution >= 0.6 is 0 Å². The van der Waals surface area contributed by atoms with Gasteiger partial charge < -0.3 is 10.1 Å². The van der Waals surface area contributed by atoms with Gasteiger partial charge in [-0.3, -0.25) is 9.48 Å². The molecule has 1 aromatic heterocycles. The average molecular weight is 353 g/mol. The standard InChI is InChI=1S/C21H27N3O2/c1-16-7-2-3-9-19(16)21(10-4-5-11-21)20(25)23-17-13-22-24(14-17)15-18-8-6-12-26-18/h2-3,7,9,13-14,18H,4-6,8,10-12,15H2,1H3,(H,23,25). The average Bonchev–Trinajstić information content (AvgIpc) is 3.38. The maximum absolute atomic E-state index is 13.3. The summed E-state index contributed by atoms with van der Waals surface area (Å²) in [5.41, 5.74) is 2.72. The van der Waals surface area contributed by atoms with Crippen LogP contribution in [0, 0.1) is 6.92 Å². The molecular weight excluding hydrogens is 326 g/mol. The van der Waals surface area contributed by atoms with Crippen molar-refractivity contribution in [3.63, 3.8) is 0 Å². The van der Waals surface area contributed by atoms with E-state index in [0.29, 0.717) is 0 Å². The second kappa shape index (κ2) is 7.23. The molecule has 1 saturated heterocycles. The number of anilines is 1. The van der Waals surface area contributed by atoms with Crippen LogP contribution in [-0.2, 0) is 21.5 Å². The lowest BCUT2D eigenvalue weighted by atomic mass is 9.76. The molecule has 138 valence electrons. The topological polar surface area (TPSA) is 56.2 Å². The monoisotopic (exact) mass is 353 g/mol. The highest BCUT2D eigenvalue weighted by atomic mass is 16.5. The van der Waals surface area contributed by atoms with Crippen molar-refractivity contribution < 1.29 is 9.53 Å². The first-order chi connectivity index (χ1) is 12.7. The Morgan fingerprint density at radius 1 is 1.31 bits per heavy atom. The Kier molecular flexibility index (Phi) is 4.81. The van der Waals surface area contributed by atoms with E-state index >= 15 is 0 Å². The van der Waals surface area contributed by atoms with Crippen molar-refractivity contribution in [3.8, 4) is 0 Å². The first-order valence-electron chi connectivity index (χ1n) is 9.69. The molecule has 1 unspecified atom stereocenters. The van der Waals surface area contributed by atoms with E-state index in [1.165, 1.54) is 11.1 Å². The van der Waals surface area contributed by atoms with Crippen LogP contribution in [0.2, 0.25) is 0 Å². The number of aromatic nitrogens is 2. The van der Waals surface area contributed by atoms with Gasteiger partial charge in [-0.2, -0.15) is 5.10 Å². The van der Waals surface area contributed by atoms with Crippen LogP contribution < -0.4 is 5.32 Å². The predicted octanol–water partition coefficient (Wildman–Crippen LogP) is 3.82. The maximum atomic E-state index is 13.3. The zero-order valence-corrected chi connectivity index (χ0v) is 15.4. The summed E-state index contributed by atoms with van der Waals surface area (Å²) >= 11 is 0. The van der Waals surface area contributed by atoms with Gasteiger partial charge in [0, 0.05) is 12.8 Å². The van der Waals surface area contributed by atoms with Crippen LogP contribution in [-0.4, -0.2) is 28.4 Å². The number of carbonyl (C=O) groups excluding carboxylic acids is 1. The lowest BCUT2D eigenvalue weighted by Crippen LogP contribution is -2.38. The van der Waals surface area contributed by atoms with E-state index in [1.54, 1.807) is 6.20 Å². The van der Waals surface area contributed by atoms with Crippen molar-refractivity contribution in [1.82, 2.24) is 9.78 Å². The molecule has 2 fully saturated rings.